The van der Waals surface area contributed by atoms with E-state index in [1.54, 1.807) is 0 Å². The third kappa shape index (κ3) is 2.09. The average molecular weight is 278 g/mol. The molecule has 7 nitrogen and oxygen atoms in total. The number of fused-ring (bicyclic) bond motifs is 1. The van der Waals surface area contributed by atoms with Crippen LogP contribution in [-0.2, 0) is 14.2 Å². The zero-order valence-electron chi connectivity index (χ0n) is 11.2. The summed E-state index contributed by atoms with van der Waals surface area (Å²) >= 11 is 0. The van der Waals surface area contributed by atoms with Crippen molar-refractivity contribution in [2.24, 2.45) is 11.8 Å². The van der Waals surface area contributed by atoms with Gasteiger partial charge in [0.2, 0.25) is 0 Å². The quantitative estimate of drug-likeness (QED) is 0.461. The van der Waals surface area contributed by atoms with Crippen LogP contribution in [-0.4, -0.2) is 84.5 Å². The standard InChI is InChI=1S/C12H22O7/c1-17-10-4-5(11(18-2)12(10)19-3)7(14)9(16)8(15)6(4)13/h4-16H,1-3H3/t4?,5?,6-,7-,8-,9-,10-,11+,12?/m1/s1. The Bertz CT molecular complexity index is 284. The van der Waals surface area contributed by atoms with Crippen LogP contribution in [0.3, 0.4) is 0 Å². The second-order valence-electron chi connectivity index (χ2n) is 5.22. The van der Waals surface area contributed by atoms with Gasteiger partial charge in [-0.2, -0.15) is 0 Å². The van der Waals surface area contributed by atoms with Crippen LogP contribution in [0, 0.1) is 11.8 Å². The molecule has 2 aliphatic rings. The van der Waals surface area contributed by atoms with Gasteiger partial charge in [0.25, 0.3) is 0 Å². The van der Waals surface area contributed by atoms with Gasteiger partial charge in [0.15, 0.2) is 0 Å². The predicted molar refractivity (Wildman–Crippen MR) is 63.4 cm³/mol. The number of aliphatic hydroxyl groups is 4. The molecule has 0 bridgehead atoms. The van der Waals surface area contributed by atoms with Gasteiger partial charge in [-0.25, -0.2) is 0 Å². The summed E-state index contributed by atoms with van der Waals surface area (Å²) in [6.07, 6.45) is -6.76. The van der Waals surface area contributed by atoms with Gasteiger partial charge in [0.05, 0.1) is 24.4 Å². The normalized spacial score (nSPS) is 54.2. The fourth-order valence-corrected chi connectivity index (χ4v) is 3.62. The lowest BCUT2D eigenvalue weighted by atomic mass is 9.73. The van der Waals surface area contributed by atoms with E-state index in [0.717, 1.165) is 0 Å². The molecule has 0 saturated heterocycles. The smallest absolute Gasteiger partial charge is 0.110 e. The van der Waals surface area contributed by atoms with Crippen molar-refractivity contribution >= 4 is 0 Å². The Hall–Kier alpha value is -0.280. The Morgan fingerprint density at radius 1 is 0.526 bits per heavy atom. The second-order valence-corrected chi connectivity index (χ2v) is 5.22. The third-order valence-corrected chi connectivity index (χ3v) is 4.51. The minimum atomic E-state index is -1.41. The molecule has 2 saturated carbocycles. The molecule has 0 aromatic carbocycles. The summed E-state index contributed by atoms with van der Waals surface area (Å²) in [6, 6.07) is 0. The van der Waals surface area contributed by atoms with Crippen molar-refractivity contribution in [3.8, 4) is 0 Å². The van der Waals surface area contributed by atoms with E-state index >= 15 is 0 Å². The van der Waals surface area contributed by atoms with Crippen LogP contribution >= 0.6 is 0 Å². The highest BCUT2D eigenvalue weighted by molar-refractivity contribution is 5.11. The van der Waals surface area contributed by atoms with E-state index in [9.17, 15) is 20.4 Å². The predicted octanol–water partition coefficient (Wildman–Crippen LogP) is -2.27. The monoisotopic (exact) mass is 278 g/mol. The Kier molecular flexibility index (Phi) is 4.46. The van der Waals surface area contributed by atoms with Gasteiger partial charge in [0, 0.05) is 33.2 Å². The van der Waals surface area contributed by atoms with Crippen LogP contribution in [0.1, 0.15) is 0 Å². The fraction of sp³-hybridized carbons (Fsp3) is 1.00. The van der Waals surface area contributed by atoms with E-state index in [-0.39, 0.29) is 0 Å². The minimum absolute atomic E-state index is 0.480. The van der Waals surface area contributed by atoms with Crippen molar-refractivity contribution in [3.63, 3.8) is 0 Å². The number of hydrogen-bond donors (Lipinski definition) is 4. The summed E-state index contributed by atoms with van der Waals surface area (Å²) in [4.78, 5) is 0. The first-order chi connectivity index (χ1) is 8.99. The molecule has 19 heavy (non-hydrogen) atoms. The molecule has 112 valence electrons. The lowest BCUT2D eigenvalue weighted by Crippen LogP contribution is -2.60. The highest BCUT2D eigenvalue weighted by Crippen LogP contribution is 2.46. The summed E-state index contributed by atoms with van der Waals surface area (Å²) in [5, 5.41) is 39.9. The highest BCUT2D eigenvalue weighted by Gasteiger charge is 2.62. The molecule has 0 amide bonds. The van der Waals surface area contributed by atoms with Gasteiger partial charge in [-0.05, 0) is 0 Å². The van der Waals surface area contributed by atoms with Crippen molar-refractivity contribution in [1.29, 1.82) is 0 Å². The first-order valence-electron chi connectivity index (χ1n) is 6.30. The molecule has 7 heteroatoms. The van der Waals surface area contributed by atoms with Crippen LogP contribution in [0.25, 0.3) is 0 Å². The molecule has 0 aromatic rings. The average Bonchev–Trinajstić information content (AvgIpc) is 2.75. The topological polar surface area (TPSA) is 109 Å². The van der Waals surface area contributed by atoms with Crippen molar-refractivity contribution in [1.82, 2.24) is 0 Å². The number of ether oxygens (including phenoxy) is 3. The number of methoxy groups -OCH3 is 3. The number of aliphatic hydroxyl groups excluding tert-OH is 4. The summed E-state index contributed by atoms with van der Waals surface area (Å²) in [6.45, 7) is 0. The van der Waals surface area contributed by atoms with E-state index in [1.807, 2.05) is 0 Å². The maximum Gasteiger partial charge on any atom is 0.110 e. The van der Waals surface area contributed by atoms with Crippen molar-refractivity contribution in [2.75, 3.05) is 21.3 Å². The van der Waals surface area contributed by atoms with Gasteiger partial charge in [-0.15, -0.1) is 0 Å². The molecule has 0 heterocycles. The lowest BCUT2D eigenvalue weighted by molar-refractivity contribution is -0.199. The van der Waals surface area contributed by atoms with Gasteiger partial charge in [-0.1, -0.05) is 0 Å². The summed E-state index contributed by atoms with van der Waals surface area (Å²) in [5.74, 6) is -1.12. The zero-order chi connectivity index (χ0) is 14.3. The fourth-order valence-electron chi connectivity index (χ4n) is 3.62. The first-order valence-corrected chi connectivity index (χ1v) is 6.30. The number of rotatable bonds is 3. The van der Waals surface area contributed by atoms with Crippen LogP contribution in [0.15, 0.2) is 0 Å². The largest absolute Gasteiger partial charge is 0.390 e. The van der Waals surface area contributed by atoms with Crippen molar-refractivity contribution in [3.05, 3.63) is 0 Å². The zero-order valence-corrected chi connectivity index (χ0v) is 11.2. The molecule has 4 N–H and O–H groups in total. The van der Waals surface area contributed by atoms with Crippen molar-refractivity contribution in [2.45, 2.75) is 42.7 Å². The first kappa shape index (κ1) is 15.1. The number of hydrogen-bond acceptors (Lipinski definition) is 7. The van der Waals surface area contributed by atoms with Crippen molar-refractivity contribution < 1.29 is 34.6 Å². The second kappa shape index (κ2) is 5.61. The highest BCUT2D eigenvalue weighted by atomic mass is 16.6. The van der Waals surface area contributed by atoms with Gasteiger partial charge in [0.1, 0.15) is 18.3 Å². The molecule has 2 aliphatic carbocycles. The van der Waals surface area contributed by atoms with Crippen LogP contribution in [0.2, 0.25) is 0 Å². The van der Waals surface area contributed by atoms with E-state index in [4.69, 9.17) is 14.2 Å². The van der Waals surface area contributed by atoms with Gasteiger partial charge in [-0.3, -0.25) is 0 Å². The lowest BCUT2D eigenvalue weighted by Gasteiger charge is -2.43. The molecule has 0 spiro atoms. The Balaban J connectivity index is 2.38. The molecule has 0 aromatic heterocycles. The molecule has 0 radical (unpaired) electrons. The minimum Gasteiger partial charge on any atom is -0.390 e. The Labute approximate surface area is 111 Å². The van der Waals surface area contributed by atoms with E-state index in [2.05, 4.69) is 0 Å². The molecular formula is C12H22O7. The SMILES string of the molecule is COC1[C@@H](OC)C2C([C@H]1OC)[C@@H](O)[C@@H](O)[C@H](O)[C@@H]2O. The van der Waals surface area contributed by atoms with Crippen LogP contribution < -0.4 is 0 Å². The summed E-state index contributed by atoms with van der Waals surface area (Å²) in [7, 11) is 4.44. The maximum absolute atomic E-state index is 10.2. The van der Waals surface area contributed by atoms with Gasteiger partial charge >= 0.3 is 0 Å². The molecule has 3 unspecified atom stereocenters. The summed E-state index contributed by atoms with van der Waals surface area (Å²) < 4.78 is 16.0. The molecule has 2 fully saturated rings. The summed E-state index contributed by atoms with van der Waals surface area (Å²) in [5.41, 5.74) is 0. The van der Waals surface area contributed by atoms with Crippen LogP contribution in [0.5, 0.6) is 0 Å². The maximum atomic E-state index is 10.2. The van der Waals surface area contributed by atoms with Gasteiger partial charge < -0.3 is 34.6 Å². The Morgan fingerprint density at radius 3 is 1.11 bits per heavy atom. The van der Waals surface area contributed by atoms with Crippen LogP contribution in [0.4, 0.5) is 0 Å². The third-order valence-electron chi connectivity index (χ3n) is 4.51. The van der Waals surface area contributed by atoms with E-state index in [1.165, 1.54) is 21.3 Å². The van der Waals surface area contributed by atoms with E-state index < -0.39 is 54.6 Å². The molecular weight excluding hydrogens is 256 g/mol. The molecule has 0 aliphatic heterocycles. The molecule has 2 rings (SSSR count). The van der Waals surface area contributed by atoms with E-state index in [0.29, 0.717) is 0 Å². The molecule has 9 atom stereocenters. The Morgan fingerprint density at radius 2 is 0.842 bits per heavy atom.